The standard InChI is InChI=1S/C23H21F4N3O2/c24-19-13-17(21-28-22(32-29-21)23(25,26)27)6-7-18(19)20(31)12-15-8-10-30(11-9-15)14-16-4-2-1-3-5-16/h1-7,13,15H,8-12,14H2. The van der Waals surface area contributed by atoms with Crippen LogP contribution in [0.25, 0.3) is 11.4 Å². The maximum absolute atomic E-state index is 14.5. The van der Waals surface area contributed by atoms with E-state index in [9.17, 15) is 22.4 Å². The van der Waals surface area contributed by atoms with Gasteiger partial charge in [-0.1, -0.05) is 41.6 Å². The number of piperidine rings is 1. The Kier molecular flexibility index (Phi) is 6.36. The smallest absolute Gasteiger partial charge is 0.329 e. The molecule has 1 saturated heterocycles. The summed E-state index contributed by atoms with van der Waals surface area (Å²) in [5, 5.41) is 3.24. The first-order chi connectivity index (χ1) is 15.3. The van der Waals surface area contributed by atoms with Crippen molar-refractivity contribution in [3.63, 3.8) is 0 Å². The lowest BCUT2D eigenvalue weighted by Gasteiger charge is -2.31. The molecule has 0 unspecified atom stereocenters. The average molecular weight is 447 g/mol. The largest absolute Gasteiger partial charge is 0.471 e. The fourth-order valence-electron chi connectivity index (χ4n) is 3.90. The molecule has 1 aliphatic rings. The molecule has 1 aliphatic heterocycles. The van der Waals surface area contributed by atoms with Gasteiger partial charge in [-0.05, 0) is 49.5 Å². The van der Waals surface area contributed by atoms with Gasteiger partial charge in [0.15, 0.2) is 5.78 Å². The molecule has 168 valence electrons. The van der Waals surface area contributed by atoms with Crippen molar-refractivity contribution >= 4 is 5.78 Å². The van der Waals surface area contributed by atoms with Crippen LogP contribution >= 0.6 is 0 Å². The van der Waals surface area contributed by atoms with E-state index in [0.29, 0.717) is 0 Å². The van der Waals surface area contributed by atoms with Gasteiger partial charge in [-0.3, -0.25) is 9.69 Å². The average Bonchev–Trinajstić information content (AvgIpc) is 3.27. The molecule has 32 heavy (non-hydrogen) atoms. The second-order valence-corrected chi connectivity index (χ2v) is 7.95. The number of benzene rings is 2. The van der Waals surface area contributed by atoms with Gasteiger partial charge in [0.25, 0.3) is 0 Å². The number of rotatable bonds is 6. The van der Waals surface area contributed by atoms with Crippen molar-refractivity contribution < 1.29 is 26.9 Å². The third kappa shape index (κ3) is 5.21. The van der Waals surface area contributed by atoms with E-state index in [1.807, 2.05) is 18.2 Å². The third-order valence-corrected chi connectivity index (χ3v) is 5.63. The van der Waals surface area contributed by atoms with Gasteiger partial charge in [-0.25, -0.2) is 4.39 Å². The Bertz CT molecular complexity index is 1070. The van der Waals surface area contributed by atoms with Crippen LogP contribution in [0.4, 0.5) is 17.6 Å². The molecular weight excluding hydrogens is 426 g/mol. The monoisotopic (exact) mass is 447 g/mol. The highest BCUT2D eigenvalue weighted by molar-refractivity contribution is 5.96. The number of ketones is 1. The van der Waals surface area contributed by atoms with E-state index in [0.717, 1.165) is 38.5 Å². The Morgan fingerprint density at radius 2 is 1.81 bits per heavy atom. The number of likely N-dealkylation sites (tertiary alicyclic amines) is 1. The van der Waals surface area contributed by atoms with Gasteiger partial charge in [0.2, 0.25) is 5.82 Å². The van der Waals surface area contributed by atoms with Crippen molar-refractivity contribution in [3.8, 4) is 11.4 Å². The number of carbonyl (C=O) groups excluding carboxylic acids is 1. The zero-order chi connectivity index (χ0) is 22.7. The molecule has 0 aliphatic carbocycles. The minimum atomic E-state index is -4.78. The summed E-state index contributed by atoms with van der Waals surface area (Å²) < 4.78 is 56.5. The first-order valence-corrected chi connectivity index (χ1v) is 10.3. The Morgan fingerprint density at radius 1 is 1.09 bits per heavy atom. The predicted molar refractivity (Wildman–Crippen MR) is 108 cm³/mol. The zero-order valence-electron chi connectivity index (χ0n) is 17.1. The highest BCUT2D eigenvalue weighted by atomic mass is 19.4. The summed E-state index contributed by atoms with van der Waals surface area (Å²) in [6.45, 7) is 2.60. The van der Waals surface area contributed by atoms with Crippen LogP contribution in [-0.2, 0) is 12.7 Å². The van der Waals surface area contributed by atoms with E-state index in [4.69, 9.17) is 0 Å². The summed E-state index contributed by atoms with van der Waals surface area (Å²) in [6, 6.07) is 13.7. The van der Waals surface area contributed by atoms with Crippen LogP contribution in [0.3, 0.4) is 0 Å². The number of Topliss-reactive ketones (excluding diaryl/α,β-unsaturated/α-hetero) is 1. The number of halogens is 4. The van der Waals surface area contributed by atoms with E-state index in [1.165, 1.54) is 17.7 Å². The van der Waals surface area contributed by atoms with Gasteiger partial charge in [0.05, 0.1) is 5.56 Å². The molecule has 4 rings (SSSR count). The fourth-order valence-corrected chi connectivity index (χ4v) is 3.90. The third-order valence-electron chi connectivity index (χ3n) is 5.63. The van der Waals surface area contributed by atoms with Crippen LogP contribution in [0, 0.1) is 11.7 Å². The lowest BCUT2D eigenvalue weighted by molar-refractivity contribution is -0.159. The fraction of sp³-hybridized carbons (Fsp3) is 0.348. The summed E-state index contributed by atoms with van der Waals surface area (Å²) in [5.41, 5.74) is 1.17. The molecule has 2 heterocycles. The second kappa shape index (κ2) is 9.20. The Balaban J connectivity index is 1.34. The van der Waals surface area contributed by atoms with Gasteiger partial charge in [0, 0.05) is 18.5 Å². The molecule has 5 nitrogen and oxygen atoms in total. The van der Waals surface area contributed by atoms with E-state index < -0.39 is 17.9 Å². The maximum atomic E-state index is 14.5. The number of carbonyl (C=O) groups is 1. The summed E-state index contributed by atoms with van der Waals surface area (Å²) >= 11 is 0. The van der Waals surface area contributed by atoms with Crippen molar-refractivity contribution in [2.75, 3.05) is 13.1 Å². The van der Waals surface area contributed by atoms with Gasteiger partial charge in [-0.15, -0.1) is 0 Å². The maximum Gasteiger partial charge on any atom is 0.471 e. The molecule has 3 aromatic rings. The molecule has 0 spiro atoms. The van der Waals surface area contributed by atoms with Gasteiger partial charge in [-0.2, -0.15) is 18.2 Å². The molecular formula is C23H21F4N3O2. The van der Waals surface area contributed by atoms with Crippen molar-refractivity contribution in [2.24, 2.45) is 5.92 Å². The van der Waals surface area contributed by atoms with Gasteiger partial charge < -0.3 is 4.52 Å². The van der Waals surface area contributed by atoms with Gasteiger partial charge in [0.1, 0.15) is 5.82 Å². The first kappa shape index (κ1) is 22.1. The molecule has 0 atom stereocenters. The van der Waals surface area contributed by atoms with Crippen LogP contribution in [0.15, 0.2) is 53.1 Å². The quantitative estimate of drug-likeness (QED) is 0.375. The topological polar surface area (TPSA) is 59.2 Å². The van der Waals surface area contributed by atoms with Crippen LogP contribution < -0.4 is 0 Å². The highest BCUT2D eigenvalue weighted by Gasteiger charge is 2.38. The zero-order valence-corrected chi connectivity index (χ0v) is 17.1. The number of alkyl halides is 3. The molecule has 1 fully saturated rings. The Hall–Kier alpha value is -3.07. The van der Waals surface area contributed by atoms with Crippen LogP contribution in [-0.4, -0.2) is 33.9 Å². The SMILES string of the molecule is O=C(CC1CCN(Cc2ccccc2)CC1)c1ccc(-c2noc(C(F)(F)F)n2)cc1F. The lowest BCUT2D eigenvalue weighted by atomic mass is 9.89. The highest BCUT2D eigenvalue weighted by Crippen LogP contribution is 2.30. The van der Waals surface area contributed by atoms with E-state index >= 15 is 0 Å². The summed E-state index contributed by atoms with van der Waals surface area (Å²) in [7, 11) is 0. The van der Waals surface area contributed by atoms with Crippen LogP contribution in [0.2, 0.25) is 0 Å². The minimum Gasteiger partial charge on any atom is -0.329 e. The Morgan fingerprint density at radius 3 is 2.44 bits per heavy atom. The number of aromatic nitrogens is 2. The summed E-state index contributed by atoms with van der Waals surface area (Å²) in [6.07, 6.45) is -2.85. The molecule has 0 amide bonds. The molecule has 1 aromatic heterocycles. The van der Waals surface area contributed by atoms with Crippen molar-refractivity contribution in [3.05, 3.63) is 71.4 Å². The van der Waals surface area contributed by atoms with E-state index in [2.05, 4.69) is 31.7 Å². The summed E-state index contributed by atoms with van der Waals surface area (Å²) in [5.74, 6) is -2.86. The van der Waals surface area contributed by atoms with E-state index in [1.54, 1.807) is 0 Å². The van der Waals surface area contributed by atoms with Crippen LogP contribution in [0.5, 0.6) is 0 Å². The minimum absolute atomic E-state index is 0.00696. The lowest BCUT2D eigenvalue weighted by Crippen LogP contribution is -2.34. The summed E-state index contributed by atoms with van der Waals surface area (Å²) in [4.78, 5) is 18.2. The van der Waals surface area contributed by atoms with Gasteiger partial charge >= 0.3 is 12.1 Å². The predicted octanol–water partition coefficient (Wildman–Crippen LogP) is 5.38. The molecule has 2 aromatic carbocycles. The first-order valence-electron chi connectivity index (χ1n) is 10.3. The van der Waals surface area contributed by atoms with Crippen molar-refractivity contribution in [1.82, 2.24) is 15.0 Å². The second-order valence-electron chi connectivity index (χ2n) is 7.95. The molecule has 0 saturated carbocycles. The number of hydrogen-bond acceptors (Lipinski definition) is 5. The molecule has 0 radical (unpaired) electrons. The van der Waals surface area contributed by atoms with Crippen molar-refractivity contribution in [1.29, 1.82) is 0 Å². The Labute approximate surface area is 182 Å². The number of hydrogen-bond donors (Lipinski definition) is 0. The normalized spacial score (nSPS) is 15.8. The molecule has 0 N–H and O–H groups in total. The van der Waals surface area contributed by atoms with E-state index in [-0.39, 0.29) is 35.1 Å². The van der Waals surface area contributed by atoms with Crippen molar-refractivity contribution in [2.45, 2.75) is 32.0 Å². The molecule has 0 bridgehead atoms. The molecule has 9 heteroatoms. The number of nitrogens with zero attached hydrogens (tertiary/aromatic N) is 3. The van der Waals surface area contributed by atoms with Crippen LogP contribution in [0.1, 0.15) is 41.1 Å².